The summed E-state index contributed by atoms with van der Waals surface area (Å²) in [6, 6.07) is 7.39. The predicted molar refractivity (Wildman–Crippen MR) is 77.5 cm³/mol. The highest BCUT2D eigenvalue weighted by atomic mass is 35.5. The number of hydrogen-bond acceptors (Lipinski definition) is 3. The van der Waals surface area contributed by atoms with Crippen LogP contribution in [0.15, 0.2) is 24.3 Å². The van der Waals surface area contributed by atoms with Gasteiger partial charge in [0.1, 0.15) is 5.54 Å². The molecule has 0 aromatic heterocycles. The molecule has 4 heteroatoms. The maximum absolute atomic E-state index is 12.2. The van der Waals surface area contributed by atoms with Crippen LogP contribution in [0.25, 0.3) is 0 Å². The molecule has 19 heavy (non-hydrogen) atoms. The van der Waals surface area contributed by atoms with Crippen molar-refractivity contribution in [2.45, 2.75) is 38.6 Å². The Labute approximate surface area is 119 Å². The van der Waals surface area contributed by atoms with Gasteiger partial charge in [0.05, 0.1) is 6.61 Å². The van der Waals surface area contributed by atoms with Crippen molar-refractivity contribution in [2.75, 3.05) is 11.9 Å². The Morgan fingerprint density at radius 2 is 2.05 bits per heavy atom. The van der Waals surface area contributed by atoms with Crippen LogP contribution in [-0.4, -0.2) is 18.1 Å². The van der Waals surface area contributed by atoms with E-state index in [4.69, 9.17) is 16.3 Å². The summed E-state index contributed by atoms with van der Waals surface area (Å²) in [4.78, 5) is 12.2. The first-order valence-corrected chi connectivity index (χ1v) is 7.12. The Kier molecular flexibility index (Phi) is 4.35. The Bertz CT molecular complexity index is 442. The van der Waals surface area contributed by atoms with Gasteiger partial charge in [0, 0.05) is 10.7 Å². The van der Waals surface area contributed by atoms with Crippen LogP contribution in [0.1, 0.15) is 33.1 Å². The summed E-state index contributed by atoms with van der Waals surface area (Å²) in [5.41, 5.74) is 0.228. The smallest absolute Gasteiger partial charge is 0.331 e. The SMILES string of the molecule is CCOC(=O)C(C)(CC1CC1)Nc1ccc(Cl)cc1. The summed E-state index contributed by atoms with van der Waals surface area (Å²) in [5.74, 6) is 0.450. The molecule has 2 rings (SSSR count). The molecule has 0 amide bonds. The van der Waals surface area contributed by atoms with Crippen LogP contribution in [0.2, 0.25) is 5.02 Å². The summed E-state index contributed by atoms with van der Waals surface area (Å²) >= 11 is 5.87. The minimum atomic E-state index is -0.662. The third kappa shape index (κ3) is 3.87. The number of halogens is 1. The van der Waals surface area contributed by atoms with Gasteiger partial charge in [0.2, 0.25) is 0 Å². The zero-order valence-electron chi connectivity index (χ0n) is 11.4. The molecule has 0 radical (unpaired) electrons. The zero-order valence-corrected chi connectivity index (χ0v) is 12.2. The first-order chi connectivity index (χ1) is 9.03. The van der Waals surface area contributed by atoms with E-state index < -0.39 is 5.54 Å². The summed E-state index contributed by atoms with van der Waals surface area (Å²) in [7, 11) is 0. The van der Waals surface area contributed by atoms with Crippen LogP contribution in [0.3, 0.4) is 0 Å². The highest BCUT2D eigenvalue weighted by Crippen LogP contribution is 2.38. The van der Waals surface area contributed by atoms with Crippen LogP contribution in [-0.2, 0) is 9.53 Å². The number of ether oxygens (including phenoxy) is 1. The molecule has 0 bridgehead atoms. The van der Waals surface area contributed by atoms with E-state index in [2.05, 4.69) is 5.32 Å². The Morgan fingerprint density at radius 3 is 2.58 bits per heavy atom. The van der Waals surface area contributed by atoms with E-state index in [1.54, 1.807) is 0 Å². The van der Waals surface area contributed by atoms with Gasteiger partial charge < -0.3 is 10.1 Å². The normalized spacial score (nSPS) is 17.6. The van der Waals surface area contributed by atoms with Crippen molar-refractivity contribution < 1.29 is 9.53 Å². The van der Waals surface area contributed by atoms with E-state index in [0.29, 0.717) is 17.5 Å². The fourth-order valence-corrected chi connectivity index (χ4v) is 2.35. The predicted octanol–water partition coefficient (Wildman–Crippen LogP) is 3.87. The Hall–Kier alpha value is -1.22. The molecule has 1 N–H and O–H groups in total. The lowest BCUT2D eigenvalue weighted by Crippen LogP contribution is -2.45. The number of carbonyl (C=O) groups is 1. The van der Waals surface area contributed by atoms with Crippen LogP contribution >= 0.6 is 11.6 Å². The Morgan fingerprint density at radius 1 is 1.42 bits per heavy atom. The van der Waals surface area contributed by atoms with E-state index in [0.717, 1.165) is 12.1 Å². The molecule has 0 aliphatic heterocycles. The average molecular weight is 282 g/mol. The third-order valence-corrected chi connectivity index (χ3v) is 3.64. The van der Waals surface area contributed by atoms with Crippen molar-refractivity contribution in [3.05, 3.63) is 29.3 Å². The molecule has 1 aliphatic rings. The fraction of sp³-hybridized carbons (Fsp3) is 0.533. The maximum Gasteiger partial charge on any atom is 0.331 e. The molecule has 1 aromatic rings. The molecule has 1 aliphatic carbocycles. The molecule has 0 saturated heterocycles. The minimum Gasteiger partial charge on any atom is -0.464 e. The zero-order chi connectivity index (χ0) is 13.9. The van der Waals surface area contributed by atoms with E-state index in [1.807, 2.05) is 38.1 Å². The first-order valence-electron chi connectivity index (χ1n) is 6.74. The van der Waals surface area contributed by atoms with Gasteiger partial charge in [-0.1, -0.05) is 24.4 Å². The van der Waals surface area contributed by atoms with Gasteiger partial charge in [-0.3, -0.25) is 0 Å². The number of esters is 1. The second kappa shape index (κ2) is 5.83. The minimum absolute atomic E-state index is 0.183. The molecule has 0 spiro atoms. The molecular weight excluding hydrogens is 262 g/mol. The van der Waals surface area contributed by atoms with Gasteiger partial charge in [-0.2, -0.15) is 0 Å². The maximum atomic E-state index is 12.2. The van der Waals surface area contributed by atoms with E-state index >= 15 is 0 Å². The van der Waals surface area contributed by atoms with Gasteiger partial charge in [0.25, 0.3) is 0 Å². The molecule has 0 heterocycles. The monoisotopic (exact) mass is 281 g/mol. The molecule has 3 nitrogen and oxygen atoms in total. The summed E-state index contributed by atoms with van der Waals surface area (Å²) < 4.78 is 5.20. The highest BCUT2D eigenvalue weighted by Gasteiger charge is 2.40. The second-order valence-electron chi connectivity index (χ2n) is 5.33. The molecule has 104 valence electrons. The lowest BCUT2D eigenvalue weighted by Gasteiger charge is -2.29. The van der Waals surface area contributed by atoms with Gasteiger partial charge in [-0.25, -0.2) is 4.79 Å². The molecule has 1 saturated carbocycles. The summed E-state index contributed by atoms with van der Waals surface area (Å²) in [6.45, 7) is 4.15. The molecule has 1 unspecified atom stereocenters. The number of rotatable bonds is 6. The first kappa shape index (κ1) is 14.2. The largest absolute Gasteiger partial charge is 0.464 e. The lowest BCUT2D eigenvalue weighted by atomic mass is 9.94. The number of carbonyl (C=O) groups excluding carboxylic acids is 1. The van der Waals surface area contributed by atoms with Crippen molar-refractivity contribution in [3.8, 4) is 0 Å². The third-order valence-electron chi connectivity index (χ3n) is 3.38. The van der Waals surface area contributed by atoms with Gasteiger partial charge in [0.15, 0.2) is 0 Å². The van der Waals surface area contributed by atoms with Crippen LogP contribution < -0.4 is 5.32 Å². The molecule has 1 fully saturated rings. The number of benzene rings is 1. The number of hydrogen-bond donors (Lipinski definition) is 1. The highest BCUT2D eigenvalue weighted by molar-refractivity contribution is 6.30. The number of nitrogens with one attached hydrogen (secondary N) is 1. The lowest BCUT2D eigenvalue weighted by molar-refractivity contribution is -0.148. The van der Waals surface area contributed by atoms with Crippen LogP contribution in [0, 0.1) is 5.92 Å². The Balaban J connectivity index is 2.11. The van der Waals surface area contributed by atoms with Crippen molar-refractivity contribution >= 4 is 23.3 Å². The van der Waals surface area contributed by atoms with Gasteiger partial charge in [-0.15, -0.1) is 0 Å². The number of anilines is 1. The second-order valence-corrected chi connectivity index (χ2v) is 5.77. The summed E-state index contributed by atoms with van der Waals surface area (Å²) in [6.07, 6.45) is 3.23. The van der Waals surface area contributed by atoms with Crippen molar-refractivity contribution in [2.24, 2.45) is 5.92 Å². The van der Waals surface area contributed by atoms with Crippen LogP contribution in [0.5, 0.6) is 0 Å². The molecular formula is C15H20ClNO2. The average Bonchev–Trinajstić information content (AvgIpc) is 3.16. The van der Waals surface area contributed by atoms with E-state index in [9.17, 15) is 4.79 Å². The topological polar surface area (TPSA) is 38.3 Å². The van der Waals surface area contributed by atoms with Gasteiger partial charge in [-0.05, 0) is 50.5 Å². The standard InChI is InChI=1S/C15H20ClNO2/c1-3-19-14(18)15(2,10-11-4-5-11)17-13-8-6-12(16)7-9-13/h6-9,11,17H,3-5,10H2,1-2H3. The van der Waals surface area contributed by atoms with Crippen molar-refractivity contribution in [1.29, 1.82) is 0 Å². The summed E-state index contributed by atoms with van der Waals surface area (Å²) in [5, 5.41) is 3.99. The van der Waals surface area contributed by atoms with Gasteiger partial charge >= 0.3 is 5.97 Å². The molecule has 1 atom stereocenters. The van der Waals surface area contributed by atoms with Crippen molar-refractivity contribution in [1.82, 2.24) is 0 Å². The molecule has 1 aromatic carbocycles. The fourth-order valence-electron chi connectivity index (χ4n) is 2.23. The van der Waals surface area contributed by atoms with E-state index in [-0.39, 0.29) is 5.97 Å². The van der Waals surface area contributed by atoms with E-state index in [1.165, 1.54) is 12.8 Å². The van der Waals surface area contributed by atoms with Crippen molar-refractivity contribution in [3.63, 3.8) is 0 Å². The quantitative estimate of drug-likeness (QED) is 0.805. The van der Waals surface area contributed by atoms with Crippen LogP contribution in [0.4, 0.5) is 5.69 Å².